The summed E-state index contributed by atoms with van der Waals surface area (Å²) in [6.45, 7) is 0. The van der Waals surface area contributed by atoms with E-state index in [4.69, 9.17) is 11.1 Å². The summed E-state index contributed by atoms with van der Waals surface area (Å²) in [5.41, 5.74) is 5.54. The van der Waals surface area contributed by atoms with Crippen LogP contribution in [0.3, 0.4) is 0 Å². The van der Waals surface area contributed by atoms with Crippen LogP contribution in [0.5, 0.6) is 0 Å². The van der Waals surface area contributed by atoms with Gasteiger partial charge in [0.1, 0.15) is 5.82 Å². The average Bonchev–Trinajstić information content (AvgIpc) is 2.16. The number of halogens is 1. The van der Waals surface area contributed by atoms with Gasteiger partial charge in [0.05, 0.1) is 0 Å². The molecule has 0 spiro atoms. The Labute approximate surface area is 96.9 Å². The van der Waals surface area contributed by atoms with Gasteiger partial charge in [0.15, 0.2) is 5.17 Å². The number of hydrogen-bond donors (Lipinski definition) is 3. The van der Waals surface area contributed by atoms with E-state index in [1.165, 1.54) is 18.2 Å². The van der Waals surface area contributed by atoms with Crippen molar-refractivity contribution < 1.29 is 9.18 Å². The van der Waals surface area contributed by atoms with Crippen LogP contribution in [0, 0.1) is 11.2 Å². The molecule has 4 N–H and O–H groups in total. The molecule has 0 aliphatic rings. The van der Waals surface area contributed by atoms with Gasteiger partial charge in [-0.3, -0.25) is 10.2 Å². The number of nitrogens with two attached hydrogens (primary N) is 1. The molecule has 0 atom stereocenters. The quantitative estimate of drug-likeness (QED) is 0.555. The van der Waals surface area contributed by atoms with Crippen molar-refractivity contribution in [3.05, 3.63) is 30.1 Å². The summed E-state index contributed by atoms with van der Waals surface area (Å²) < 4.78 is 12.8. The van der Waals surface area contributed by atoms with Crippen molar-refractivity contribution in [2.24, 2.45) is 5.73 Å². The lowest BCUT2D eigenvalue weighted by molar-refractivity contribution is -0.115. The van der Waals surface area contributed by atoms with E-state index in [-0.39, 0.29) is 17.5 Å². The van der Waals surface area contributed by atoms with E-state index in [1.807, 2.05) is 0 Å². The molecule has 6 heteroatoms. The second kappa shape index (κ2) is 6.12. The number of anilines is 1. The first-order valence-corrected chi connectivity index (χ1v) is 5.59. The standard InChI is InChI=1S/C10H12FN3OS/c11-7-2-1-3-8(6-7)14-9(15)4-5-16-10(12)13/h1-3,6H,4-5H2,(H3,12,13)(H,14,15). The summed E-state index contributed by atoms with van der Waals surface area (Å²) in [4.78, 5) is 11.3. The zero-order valence-corrected chi connectivity index (χ0v) is 9.31. The number of carbonyl (C=O) groups is 1. The van der Waals surface area contributed by atoms with Crippen molar-refractivity contribution in [2.45, 2.75) is 6.42 Å². The fourth-order valence-electron chi connectivity index (χ4n) is 1.04. The summed E-state index contributed by atoms with van der Waals surface area (Å²) in [6, 6.07) is 5.69. The third-order valence-corrected chi connectivity index (χ3v) is 2.41. The summed E-state index contributed by atoms with van der Waals surface area (Å²) in [7, 11) is 0. The minimum absolute atomic E-state index is 0.0152. The molecule has 0 unspecified atom stereocenters. The summed E-state index contributed by atoms with van der Waals surface area (Å²) in [5.74, 6) is -0.175. The molecule has 0 fully saturated rings. The maximum absolute atomic E-state index is 12.8. The Morgan fingerprint density at radius 2 is 2.31 bits per heavy atom. The van der Waals surface area contributed by atoms with E-state index in [2.05, 4.69) is 5.32 Å². The zero-order chi connectivity index (χ0) is 12.0. The van der Waals surface area contributed by atoms with Crippen LogP contribution in [0.4, 0.5) is 10.1 Å². The van der Waals surface area contributed by atoms with Crippen molar-refractivity contribution in [3.8, 4) is 0 Å². The maximum Gasteiger partial charge on any atom is 0.225 e. The fourth-order valence-corrected chi connectivity index (χ4v) is 1.55. The monoisotopic (exact) mass is 241 g/mol. The van der Waals surface area contributed by atoms with E-state index in [0.717, 1.165) is 11.8 Å². The average molecular weight is 241 g/mol. The van der Waals surface area contributed by atoms with Crippen molar-refractivity contribution in [1.29, 1.82) is 5.41 Å². The third kappa shape index (κ3) is 4.79. The zero-order valence-electron chi connectivity index (χ0n) is 8.50. The maximum atomic E-state index is 12.8. The molecule has 0 heterocycles. The molecule has 0 aromatic heterocycles. The molecule has 0 radical (unpaired) electrons. The number of nitrogens with one attached hydrogen (secondary N) is 2. The molecule has 0 saturated heterocycles. The predicted octanol–water partition coefficient (Wildman–Crippen LogP) is 1.78. The van der Waals surface area contributed by atoms with Crippen LogP contribution < -0.4 is 11.1 Å². The highest BCUT2D eigenvalue weighted by molar-refractivity contribution is 8.13. The smallest absolute Gasteiger partial charge is 0.225 e. The lowest BCUT2D eigenvalue weighted by Crippen LogP contribution is -2.14. The minimum Gasteiger partial charge on any atom is -0.379 e. The molecule has 16 heavy (non-hydrogen) atoms. The van der Waals surface area contributed by atoms with Gasteiger partial charge in [0.2, 0.25) is 5.91 Å². The van der Waals surface area contributed by atoms with Gasteiger partial charge < -0.3 is 11.1 Å². The normalized spacial score (nSPS) is 9.81. The second-order valence-electron chi connectivity index (χ2n) is 3.02. The van der Waals surface area contributed by atoms with Gasteiger partial charge in [-0.2, -0.15) is 0 Å². The molecule has 1 aromatic rings. The lowest BCUT2D eigenvalue weighted by atomic mass is 10.3. The fraction of sp³-hybridized carbons (Fsp3) is 0.200. The lowest BCUT2D eigenvalue weighted by Gasteiger charge is -2.04. The molecule has 86 valence electrons. The number of amidine groups is 1. The molecule has 4 nitrogen and oxygen atoms in total. The van der Waals surface area contributed by atoms with Crippen molar-refractivity contribution in [1.82, 2.24) is 0 Å². The molecule has 0 bridgehead atoms. The first kappa shape index (κ1) is 12.5. The molecule has 0 aliphatic carbocycles. The number of benzene rings is 1. The first-order valence-electron chi connectivity index (χ1n) is 4.60. The Morgan fingerprint density at radius 1 is 1.56 bits per heavy atom. The van der Waals surface area contributed by atoms with Crippen molar-refractivity contribution in [3.63, 3.8) is 0 Å². The number of amides is 1. The summed E-state index contributed by atoms with van der Waals surface area (Å²) >= 11 is 1.10. The third-order valence-electron chi connectivity index (χ3n) is 1.70. The van der Waals surface area contributed by atoms with Crippen molar-refractivity contribution >= 4 is 28.5 Å². The van der Waals surface area contributed by atoms with Crippen LogP contribution in [0.1, 0.15) is 6.42 Å². The first-order chi connectivity index (χ1) is 7.58. The van der Waals surface area contributed by atoms with Crippen LogP contribution in [0.2, 0.25) is 0 Å². The van der Waals surface area contributed by atoms with E-state index in [0.29, 0.717) is 11.4 Å². The van der Waals surface area contributed by atoms with Crippen LogP contribution >= 0.6 is 11.8 Å². The minimum atomic E-state index is -0.393. The summed E-state index contributed by atoms with van der Waals surface area (Å²) in [6.07, 6.45) is 0.237. The highest BCUT2D eigenvalue weighted by Crippen LogP contribution is 2.10. The highest BCUT2D eigenvalue weighted by Gasteiger charge is 2.03. The van der Waals surface area contributed by atoms with Crippen LogP contribution in [-0.2, 0) is 4.79 Å². The van der Waals surface area contributed by atoms with Crippen molar-refractivity contribution in [2.75, 3.05) is 11.1 Å². The van der Waals surface area contributed by atoms with E-state index in [1.54, 1.807) is 6.07 Å². The molecule has 0 aliphatic heterocycles. The molecule has 0 saturated carbocycles. The highest BCUT2D eigenvalue weighted by atomic mass is 32.2. The Morgan fingerprint density at radius 3 is 2.94 bits per heavy atom. The number of carbonyl (C=O) groups excluding carboxylic acids is 1. The summed E-state index contributed by atoms with van der Waals surface area (Å²) in [5, 5.41) is 9.49. The van der Waals surface area contributed by atoms with Gasteiger partial charge >= 0.3 is 0 Å². The molecular formula is C10H12FN3OS. The van der Waals surface area contributed by atoms with Gasteiger partial charge in [-0.15, -0.1) is 0 Å². The van der Waals surface area contributed by atoms with E-state index >= 15 is 0 Å². The van der Waals surface area contributed by atoms with Crippen LogP contribution in [-0.4, -0.2) is 16.8 Å². The Kier molecular flexibility index (Phi) is 4.78. The number of hydrogen-bond acceptors (Lipinski definition) is 3. The van der Waals surface area contributed by atoms with Gasteiger partial charge in [0, 0.05) is 17.9 Å². The Hall–Kier alpha value is -1.56. The molecular weight excluding hydrogens is 229 g/mol. The van der Waals surface area contributed by atoms with Gasteiger partial charge in [-0.05, 0) is 18.2 Å². The number of rotatable bonds is 4. The number of thioether (sulfide) groups is 1. The van der Waals surface area contributed by atoms with Crippen LogP contribution in [0.25, 0.3) is 0 Å². The SMILES string of the molecule is N=C(N)SCCC(=O)Nc1cccc(F)c1. The topological polar surface area (TPSA) is 79.0 Å². The van der Waals surface area contributed by atoms with E-state index in [9.17, 15) is 9.18 Å². The Bertz CT molecular complexity index is 397. The van der Waals surface area contributed by atoms with Gasteiger partial charge in [-0.1, -0.05) is 17.8 Å². The largest absolute Gasteiger partial charge is 0.379 e. The molecule has 1 rings (SSSR count). The second-order valence-corrected chi connectivity index (χ2v) is 4.16. The van der Waals surface area contributed by atoms with E-state index < -0.39 is 5.82 Å². The van der Waals surface area contributed by atoms with Gasteiger partial charge in [-0.25, -0.2) is 4.39 Å². The predicted molar refractivity (Wildman–Crippen MR) is 64.0 cm³/mol. The van der Waals surface area contributed by atoms with Gasteiger partial charge in [0.25, 0.3) is 0 Å². The Balaban J connectivity index is 2.37. The molecule has 1 amide bonds. The van der Waals surface area contributed by atoms with Crippen LogP contribution in [0.15, 0.2) is 24.3 Å². The molecule has 1 aromatic carbocycles.